The molecule has 0 aliphatic carbocycles. The van der Waals surface area contributed by atoms with Crippen LogP contribution in [0.15, 0.2) is 48.9 Å². The van der Waals surface area contributed by atoms with Crippen LogP contribution < -0.4 is 14.8 Å². The zero-order valence-electron chi connectivity index (χ0n) is 14.8. The number of aromatic nitrogens is 3. The largest absolute Gasteiger partial charge is 0.497 e. The second-order valence-corrected chi connectivity index (χ2v) is 5.66. The van der Waals surface area contributed by atoms with Crippen molar-refractivity contribution in [2.24, 2.45) is 7.05 Å². The van der Waals surface area contributed by atoms with E-state index in [-0.39, 0.29) is 6.04 Å². The minimum atomic E-state index is -0.256. The number of nitriles is 1. The van der Waals surface area contributed by atoms with Gasteiger partial charge in [-0.3, -0.25) is 0 Å². The predicted octanol–water partition coefficient (Wildman–Crippen LogP) is 2.91. The summed E-state index contributed by atoms with van der Waals surface area (Å²) in [5, 5.41) is 12.3. The van der Waals surface area contributed by atoms with E-state index in [2.05, 4.69) is 15.3 Å². The molecule has 0 bridgehead atoms. The molecule has 0 saturated carbocycles. The second-order valence-electron chi connectivity index (χ2n) is 5.66. The molecule has 0 radical (unpaired) electrons. The lowest BCUT2D eigenvalue weighted by molar-refractivity contribution is 0.393. The molecule has 0 aliphatic rings. The summed E-state index contributed by atoms with van der Waals surface area (Å²) >= 11 is 0. The van der Waals surface area contributed by atoms with Crippen molar-refractivity contribution in [3.63, 3.8) is 0 Å². The molecular formula is C19H19N5O2. The van der Waals surface area contributed by atoms with E-state index in [1.54, 1.807) is 32.7 Å². The van der Waals surface area contributed by atoms with Gasteiger partial charge in [0, 0.05) is 25.5 Å². The van der Waals surface area contributed by atoms with Gasteiger partial charge in [0.1, 0.15) is 35.1 Å². The van der Waals surface area contributed by atoms with Crippen molar-refractivity contribution in [2.45, 2.75) is 6.04 Å². The molecular weight excluding hydrogens is 330 g/mol. The van der Waals surface area contributed by atoms with Crippen molar-refractivity contribution in [1.29, 1.82) is 5.26 Å². The SMILES string of the molecule is COc1cc(OC)cc([C@H](Nc2ccc(C#N)nc2)c2nccn2C)c1. The fourth-order valence-corrected chi connectivity index (χ4v) is 2.66. The van der Waals surface area contributed by atoms with Gasteiger partial charge in [0.25, 0.3) is 0 Å². The van der Waals surface area contributed by atoms with Crippen LogP contribution in [-0.2, 0) is 7.05 Å². The first-order valence-electron chi connectivity index (χ1n) is 7.97. The molecule has 26 heavy (non-hydrogen) atoms. The molecule has 0 saturated heterocycles. The highest BCUT2D eigenvalue weighted by Crippen LogP contribution is 2.31. The number of anilines is 1. The summed E-state index contributed by atoms with van der Waals surface area (Å²) < 4.78 is 12.7. The van der Waals surface area contributed by atoms with Crippen LogP contribution in [0.3, 0.4) is 0 Å². The summed E-state index contributed by atoms with van der Waals surface area (Å²) in [6, 6.07) is 10.9. The van der Waals surface area contributed by atoms with Crippen molar-refractivity contribution < 1.29 is 9.47 Å². The third-order valence-electron chi connectivity index (χ3n) is 4.01. The summed E-state index contributed by atoms with van der Waals surface area (Å²) in [4.78, 5) is 8.59. The topological polar surface area (TPSA) is 85.0 Å². The number of ether oxygens (including phenoxy) is 2. The first kappa shape index (κ1) is 17.3. The van der Waals surface area contributed by atoms with Crippen molar-refractivity contribution in [3.05, 3.63) is 66.0 Å². The Morgan fingerprint density at radius 3 is 2.35 bits per heavy atom. The third-order valence-corrected chi connectivity index (χ3v) is 4.01. The lowest BCUT2D eigenvalue weighted by Crippen LogP contribution is -2.17. The van der Waals surface area contributed by atoms with E-state index in [9.17, 15) is 0 Å². The van der Waals surface area contributed by atoms with Gasteiger partial charge in [0.2, 0.25) is 0 Å². The Kier molecular flexibility index (Phi) is 5.04. The van der Waals surface area contributed by atoms with E-state index < -0.39 is 0 Å². The molecule has 0 fully saturated rings. The summed E-state index contributed by atoms with van der Waals surface area (Å²) in [6.45, 7) is 0. The van der Waals surface area contributed by atoms with Crippen LogP contribution in [0.4, 0.5) is 5.69 Å². The number of imidazole rings is 1. The van der Waals surface area contributed by atoms with Gasteiger partial charge in [-0.05, 0) is 29.8 Å². The van der Waals surface area contributed by atoms with Gasteiger partial charge in [-0.2, -0.15) is 5.26 Å². The number of hydrogen-bond donors (Lipinski definition) is 1. The van der Waals surface area contributed by atoms with Crippen LogP contribution in [0.2, 0.25) is 0 Å². The first-order valence-corrected chi connectivity index (χ1v) is 7.97. The quantitative estimate of drug-likeness (QED) is 0.736. The highest BCUT2D eigenvalue weighted by molar-refractivity contribution is 5.50. The monoisotopic (exact) mass is 349 g/mol. The number of aryl methyl sites for hydroxylation is 1. The van der Waals surface area contributed by atoms with Crippen molar-refractivity contribution in [2.75, 3.05) is 19.5 Å². The normalized spacial score (nSPS) is 11.5. The van der Waals surface area contributed by atoms with E-state index in [1.807, 2.05) is 48.1 Å². The van der Waals surface area contributed by atoms with Gasteiger partial charge in [-0.1, -0.05) is 0 Å². The highest BCUT2D eigenvalue weighted by atomic mass is 16.5. The zero-order chi connectivity index (χ0) is 18.5. The van der Waals surface area contributed by atoms with Gasteiger partial charge in [-0.25, -0.2) is 9.97 Å². The van der Waals surface area contributed by atoms with Crippen LogP contribution in [0.1, 0.15) is 23.1 Å². The summed E-state index contributed by atoms with van der Waals surface area (Å²) in [5.41, 5.74) is 2.07. The van der Waals surface area contributed by atoms with E-state index in [0.717, 1.165) is 17.1 Å². The van der Waals surface area contributed by atoms with Crippen molar-refractivity contribution >= 4 is 5.69 Å². The molecule has 132 valence electrons. The molecule has 0 amide bonds. The van der Waals surface area contributed by atoms with E-state index >= 15 is 0 Å². The number of rotatable bonds is 6. The molecule has 0 unspecified atom stereocenters. The van der Waals surface area contributed by atoms with E-state index in [4.69, 9.17) is 14.7 Å². The Morgan fingerprint density at radius 2 is 1.85 bits per heavy atom. The summed E-state index contributed by atoms with van der Waals surface area (Å²) in [7, 11) is 5.17. The Labute approximate surface area is 151 Å². The molecule has 3 aromatic rings. The number of methoxy groups -OCH3 is 2. The Bertz CT molecular complexity index is 906. The first-order chi connectivity index (χ1) is 12.6. The molecule has 0 spiro atoms. The Hall–Kier alpha value is -3.53. The fourth-order valence-electron chi connectivity index (χ4n) is 2.66. The molecule has 3 rings (SSSR count). The maximum Gasteiger partial charge on any atom is 0.140 e. The molecule has 0 aliphatic heterocycles. The number of nitrogens with one attached hydrogen (secondary N) is 1. The predicted molar refractivity (Wildman–Crippen MR) is 97.2 cm³/mol. The average Bonchev–Trinajstić information content (AvgIpc) is 3.11. The average molecular weight is 349 g/mol. The van der Waals surface area contributed by atoms with Gasteiger partial charge in [0.05, 0.1) is 26.1 Å². The minimum absolute atomic E-state index is 0.256. The van der Waals surface area contributed by atoms with Gasteiger partial charge >= 0.3 is 0 Å². The molecule has 1 N–H and O–H groups in total. The molecule has 1 atom stereocenters. The maximum absolute atomic E-state index is 8.92. The van der Waals surface area contributed by atoms with Crippen LogP contribution in [0.5, 0.6) is 11.5 Å². The van der Waals surface area contributed by atoms with Crippen LogP contribution in [0, 0.1) is 11.3 Å². The van der Waals surface area contributed by atoms with Gasteiger partial charge in [0.15, 0.2) is 0 Å². The van der Waals surface area contributed by atoms with Crippen LogP contribution in [-0.4, -0.2) is 28.8 Å². The lowest BCUT2D eigenvalue weighted by Gasteiger charge is -2.21. The molecule has 2 aromatic heterocycles. The summed E-state index contributed by atoms with van der Waals surface area (Å²) in [6.07, 6.45) is 5.27. The Morgan fingerprint density at radius 1 is 1.12 bits per heavy atom. The number of hydrogen-bond acceptors (Lipinski definition) is 6. The van der Waals surface area contributed by atoms with Crippen molar-refractivity contribution in [3.8, 4) is 17.6 Å². The number of pyridine rings is 1. The maximum atomic E-state index is 8.92. The van der Waals surface area contributed by atoms with Crippen LogP contribution in [0.25, 0.3) is 0 Å². The number of nitrogens with zero attached hydrogens (tertiary/aromatic N) is 4. The van der Waals surface area contributed by atoms with Gasteiger partial charge in [-0.15, -0.1) is 0 Å². The standard InChI is InChI=1S/C19H19N5O2/c1-24-7-6-21-19(24)18(23-15-5-4-14(11-20)22-12-15)13-8-16(25-2)10-17(9-13)26-3/h4-10,12,18,23H,1-3H3/t18-/m0/s1. The minimum Gasteiger partial charge on any atom is -0.497 e. The fraction of sp³-hybridized carbons (Fsp3) is 0.211. The van der Waals surface area contributed by atoms with Crippen molar-refractivity contribution in [1.82, 2.24) is 14.5 Å². The second kappa shape index (κ2) is 7.57. The van der Waals surface area contributed by atoms with Gasteiger partial charge < -0.3 is 19.4 Å². The lowest BCUT2D eigenvalue weighted by atomic mass is 10.0. The van der Waals surface area contributed by atoms with E-state index in [1.165, 1.54) is 0 Å². The van der Waals surface area contributed by atoms with Crippen LogP contribution >= 0.6 is 0 Å². The number of benzene rings is 1. The third kappa shape index (κ3) is 3.59. The zero-order valence-corrected chi connectivity index (χ0v) is 14.8. The molecule has 7 heteroatoms. The Balaban J connectivity index is 2.04. The molecule has 1 aromatic carbocycles. The molecule has 2 heterocycles. The highest BCUT2D eigenvalue weighted by Gasteiger charge is 2.20. The summed E-state index contributed by atoms with van der Waals surface area (Å²) in [5.74, 6) is 2.21. The molecule has 7 nitrogen and oxygen atoms in total. The van der Waals surface area contributed by atoms with E-state index in [0.29, 0.717) is 17.2 Å². The smallest absolute Gasteiger partial charge is 0.140 e.